The van der Waals surface area contributed by atoms with Crippen LogP contribution in [0.15, 0.2) is 29.2 Å². The molecule has 4 heteroatoms. The molecule has 0 spiro atoms. The number of nitrogens with zero attached hydrogens (tertiary/aromatic N) is 2. The molecule has 0 aromatic carbocycles. The van der Waals surface area contributed by atoms with E-state index in [1.54, 1.807) is 22.9 Å². The Bertz CT molecular complexity index is 596. The standard InChI is InChI=1S/C12H13ClN2O/c1-12(2,3)15-10-6-8(13)7-14-9(10)4-5-11(15)16/h4-7H,1-3H3. The Morgan fingerprint density at radius 1 is 1.31 bits per heavy atom. The van der Waals surface area contributed by atoms with E-state index >= 15 is 0 Å². The molecule has 0 atom stereocenters. The molecule has 2 rings (SSSR count). The SMILES string of the molecule is CC(C)(C)n1c(=O)ccc2ncc(Cl)cc21. The maximum absolute atomic E-state index is 11.9. The van der Waals surface area contributed by atoms with Crippen molar-refractivity contribution in [1.29, 1.82) is 0 Å². The van der Waals surface area contributed by atoms with E-state index in [1.807, 2.05) is 20.8 Å². The molecule has 0 N–H and O–H groups in total. The zero-order chi connectivity index (χ0) is 11.9. The first kappa shape index (κ1) is 11.1. The van der Waals surface area contributed by atoms with Crippen molar-refractivity contribution in [3.63, 3.8) is 0 Å². The zero-order valence-corrected chi connectivity index (χ0v) is 10.2. The van der Waals surface area contributed by atoms with Crippen molar-refractivity contribution in [2.45, 2.75) is 26.3 Å². The molecule has 0 fully saturated rings. The molecule has 0 saturated heterocycles. The van der Waals surface area contributed by atoms with E-state index < -0.39 is 0 Å². The molecular formula is C12H13ClN2O. The fraction of sp³-hybridized carbons (Fsp3) is 0.333. The summed E-state index contributed by atoms with van der Waals surface area (Å²) in [7, 11) is 0. The highest BCUT2D eigenvalue weighted by atomic mass is 35.5. The number of halogens is 1. The van der Waals surface area contributed by atoms with Gasteiger partial charge in [0, 0.05) is 17.8 Å². The van der Waals surface area contributed by atoms with Crippen molar-refractivity contribution >= 4 is 22.6 Å². The molecule has 16 heavy (non-hydrogen) atoms. The van der Waals surface area contributed by atoms with Gasteiger partial charge in [0.2, 0.25) is 0 Å². The first-order valence-corrected chi connectivity index (χ1v) is 5.45. The quantitative estimate of drug-likeness (QED) is 0.705. The van der Waals surface area contributed by atoms with Gasteiger partial charge in [-0.1, -0.05) is 11.6 Å². The van der Waals surface area contributed by atoms with E-state index in [0.717, 1.165) is 11.0 Å². The number of aromatic nitrogens is 2. The van der Waals surface area contributed by atoms with E-state index in [2.05, 4.69) is 4.98 Å². The van der Waals surface area contributed by atoms with E-state index in [0.29, 0.717) is 5.02 Å². The fourth-order valence-corrected chi connectivity index (χ4v) is 1.93. The van der Waals surface area contributed by atoms with Gasteiger partial charge in [0.25, 0.3) is 5.56 Å². The third kappa shape index (κ3) is 1.83. The van der Waals surface area contributed by atoms with E-state index in [-0.39, 0.29) is 11.1 Å². The summed E-state index contributed by atoms with van der Waals surface area (Å²) < 4.78 is 1.71. The normalized spacial score (nSPS) is 12.0. The number of fused-ring (bicyclic) bond motifs is 1. The Hall–Kier alpha value is -1.35. The van der Waals surface area contributed by atoms with Crippen molar-refractivity contribution in [3.8, 4) is 0 Å². The summed E-state index contributed by atoms with van der Waals surface area (Å²) in [6, 6.07) is 5.03. The maximum Gasteiger partial charge on any atom is 0.251 e. The number of rotatable bonds is 0. The number of pyridine rings is 2. The van der Waals surface area contributed by atoms with Crippen LogP contribution in [0.2, 0.25) is 5.02 Å². The van der Waals surface area contributed by atoms with Gasteiger partial charge in [-0.2, -0.15) is 0 Å². The Kier molecular flexibility index (Phi) is 2.50. The first-order valence-electron chi connectivity index (χ1n) is 5.07. The summed E-state index contributed by atoms with van der Waals surface area (Å²) in [4.78, 5) is 16.1. The molecule has 0 aliphatic carbocycles. The highest BCUT2D eigenvalue weighted by Crippen LogP contribution is 2.20. The predicted octanol–water partition coefficient (Wildman–Crippen LogP) is 2.80. The number of hydrogen-bond donors (Lipinski definition) is 0. The molecule has 0 unspecified atom stereocenters. The van der Waals surface area contributed by atoms with Crippen LogP contribution in [0.3, 0.4) is 0 Å². The summed E-state index contributed by atoms with van der Waals surface area (Å²) >= 11 is 5.92. The Labute approximate surface area is 98.7 Å². The largest absolute Gasteiger partial charge is 0.301 e. The van der Waals surface area contributed by atoms with Crippen LogP contribution in [0.25, 0.3) is 11.0 Å². The van der Waals surface area contributed by atoms with Gasteiger partial charge in [-0.05, 0) is 32.9 Å². The minimum absolute atomic E-state index is 0.0379. The predicted molar refractivity (Wildman–Crippen MR) is 66.0 cm³/mol. The lowest BCUT2D eigenvalue weighted by Crippen LogP contribution is -2.33. The molecule has 3 nitrogen and oxygen atoms in total. The maximum atomic E-state index is 11.9. The average molecular weight is 237 g/mol. The van der Waals surface area contributed by atoms with Crippen LogP contribution < -0.4 is 5.56 Å². The van der Waals surface area contributed by atoms with Crippen LogP contribution in [0, 0.1) is 0 Å². The second-order valence-corrected chi connectivity index (χ2v) is 5.17. The molecule has 0 saturated carbocycles. The monoisotopic (exact) mass is 236 g/mol. The molecule has 2 aromatic rings. The molecule has 0 aliphatic rings. The summed E-state index contributed by atoms with van der Waals surface area (Å²) in [6.45, 7) is 5.94. The topological polar surface area (TPSA) is 34.9 Å². The first-order chi connectivity index (χ1) is 7.39. The van der Waals surface area contributed by atoms with Crippen molar-refractivity contribution in [2.75, 3.05) is 0 Å². The van der Waals surface area contributed by atoms with Crippen molar-refractivity contribution in [3.05, 3.63) is 39.8 Å². The van der Waals surface area contributed by atoms with E-state index in [1.165, 1.54) is 6.07 Å². The molecule has 84 valence electrons. The third-order valence-corrected chi connectivity index (χ3v) is 2.59. The Morgan fingerprint density at radius 2 is 2.00 bits per heavy atom. The minimum atomic E-state index is -0.289. The highest BCUT2D eigenvalue weighted by molar-refractivity contribution is 6.31. The van der Waals surface area contributed by atoms with Gasteiger partial charge >= 0.3 is 0 Å². The highest BCUT2D eigenvalue weighted by Gasteiger charge is 2.17. The lowest BCUT2D eigenvalue weighted by Gasteiger charge is -2.24. The second kappa shape index (κ2) is 3.59. The van der Waals surface area contributed by atoms with Crippen LogP contribution >= 0.6 is 11.6 Å². The lowest BCUT2D eigenvalue weighted by molar-refractivity contribution is 0.398. The van der Waals surface area contributed by atoms with Crippen molar-refractivity contribution in [2.24, 2.45) is 0 Å². The van der Waals surface area contributed by atoms with Crippen LogP contribution in [-0.4, -0.2) is 9.55 Å². The zero-order valence-electron chi connectivity index (χ0n) is 9.49. The second-order valence-electron chi connectivity index (χ2n) is 4.74. The molecule has 2 heterocycles. The molecular weight excluding hydrogens is 224 g/mol. The van der Waals surface area contributed by atoms with Crippen LogP contribution in [0.4, 0.5) is 0 Å². The molecule has 0 amide bonds. The molecule has 2 aromatic heterocycles. The van der Waals surface area contributed by atoms with Gasteiger partial charge in [-0.15, -0.1) is 0 Å². The van der Waals surface area contributed by atoms with E-state index in [4.69, 9.17) is 11.6 Å². The molecule has 0 bridgehead atoms. The number of hydrogen-bond acceptors (Lipinski definition) is 2. The summed E-state index contributed by atoms with van der Waals surface area (Å²) in [6.07, 6.45) is 1.58. The van der Waals surface area contributed by atoms with Gasteiger partial charge in [0.05, 0.1) is 16.1 Å². The van der Waals surface area contributed by atoms with Gasteiger partial charge in [0.1, 0.15) is 0 Å². The van der Waals surface area contributed by atoms with Crippen LogP contribution in [0.1, 0.15) is 20.8 Å². The fourth-order valence-electron chi connectivity index (χ4n) is 1.78. The summed E-state index contributed by atoms with van der Waals surface area (Å²) in [5.41, 5.74) is 1.22. The van der Waals surface area contributed by atoms with Crippen molar-refractivity contribution < 1.29 is 0 Å². The van der Waals surface area contributed by atoms with Gasteiger partial charge in [0.15, 0.2) is 0 Å². The Morgan fingerprint density at radius 3 is 2.62 bits per heavy atom. The van der Waals surface area contributed by atoms with Crippen LogP contribution in [0.5, 0.6) is 0 Å². The summed E-state index contributed by atoms with van der Waals surface area (Å²) in [5, 5.41) is 0.538. The average Bonchev–Trinajstić information content (AvgIpc) is 2.14. The van der Waals surface area contributed by atoms with Gasteiger partial charge in [-0.25, -0.2) is 0 Å². The van der Waals surface area contributed by atoms with E-state index in [9.17, 15) is 4.79 Å². The van der Waals surface area contributed by atoms with Crippen LogP contribution in [-0.2, 0) is 5.54 Å². The van der Waals surface area contributed by atoms with Crippen molar-refractivity contribution in [1.82, 2.24) is 9.55 Å². The summed E-state index contributed by atoms with van der Waals surface area (Å²) in [5.74, 6) is 0. The van der Waals surface area contributed by atoms with Gasteiger partial charge in [-0.3, -0.25) is 9.78 Å². The third-order valence-electron chi connectivity index (χ3n) is 2.38. The molecule has 0 aliphatic heterocycles. The minimum Gasteiger partial charge on any atom is -0.301 e. The Balaban J connectivity index is 2.94. The van der Waals surface area contributed by atoms with Gasteiger partial charge < -0.3 is 4.57 Å². The lowest BCUT2D eigenvalue weighted by atomic mass is 10.1. The molecule has 0 radical (unpaired) electrons. The smallest absolute Gasteiger partial charge is 0.251 e.